The molecule has 114 valence electrons. The SMILES string of the molecule is CCC(C)(C)Cn1c(C(C)C)nc2cc(C(=O)O)ccc21. The van der Waals surface area contributed by atoms with Crippen molar-refractivity contribution in [2.24, 2.45) is 5.41 Å². The Morgan fingerprint density at radius 3 is 2.57 bits per heavy atom. The molecule has 0 unspecified atom stereocenters. The Hall–Kier alpha value is -1.84. The fourth-order valence-corrected chi connectivity index (χ4v) is 2.43. The molecule has 0 aliphatic heterocycles. The van der Waals surface area contributed by atoms with E-state index in [9.17, 15) is 4.79 Å². The summed E-state index contributed by atoms with van der Waals surface area (Å²) in [6.45, 7) is 11.8. The molecule has 1 heterocycles. The second-order valence-electron chi connectivity index (χ2n) is 6.74. The van der Waals surface area contributed by atoms with Crippen LogP contribution in [0.2, 0.25) is 0 Å². The van der Waals surface area contributed by atoms with Crippen molar-refractivity contribution in [2.45, 2.75) is 53.5 Å². The number of benzene rings is 1. The van der Waals surface area contributed by atoms with E-state index in [-0.39, 0.29) is 11.0 Å². The molecule has 0 radical (unpaired) electrons. The molecule has 0 amide bonds. The lowest BCUT2D eigenvalue weighted by Gasteiger charge is -2.25. The zero-order valence-electron chi connectivity index (χ0n) is 13.5. The predicted molar refractivity (Wildman–Crippen MR) is 84.9 cm³/mol. The highest BCUT2D eigenvalue weighted by Gasteiger charge is 2.22. The van der Waals surface area contributed by atoms with Crippen LogP contribution < -0.4 is 0 Å². The van der Waals surface area contributed by atoms with E-state index in [4.69, 9.17) is 5.11 Å². The van der Waals surface area contributed by atoms with E-state index in [1.807, 2.05) is 6.07 Å². The van der Waals surface area contributed by atoms with Crippen LogP contribution in [0.4, 0.5) is 0 Å². The molecule has 4 nitrogen and oxygen atoms in total. The number of rotatable bonds is 5. The number of fused-ring (bicyclic) bond motifs is 1. The molecule has 0 saturated carbocycles. The third-order valence-corrected chi connectivity index (χ3v) is 4.08. The van der Waals surface area contributed by atoms with Crippen LogP contribution in [0.1, 0.15) is 63.1 Å². The maximum Gasteiger partial charge on any atom is 0.335 e. The molecule has 0 spiro atoms. The molecule has 0 aliphatic rings. The summed E-state index contributed by atoms with van der Waals surface area (Å²) in [5, 5.41) is 9.12. The molecule has 0 saturated heterocycles. The quantitative estimate of drug-likeness (QED) is 0.892. The molecule has 1 aromatic heterocycles. The Balaban J connectivity index is 2.61. The minimum Gasteiger partial charge on any atom is -0.478 e. The first-order valence-corrected chi connectivity index (χ1v) is 7.48. The average molecular weight is 288 g/mol. The minimum absolute atomic E-state index is 0.183. The first-order chi connectivity index (χ1) is 9.75. The van der Waals surface area contributed by atoms with Gasteiger partial charge in [-0.05, 0) is 30.0 Å². The fourth-order valence-electron chi connectivity index (χ4n) is 2.43. The third kappa shape index (κ3) is 3.09. The smallest absolute Gasteiger partial charge is 0.335 e. The first kappa shape index (κ1) is 15.5. The highest BCUT2D eigenvalue weighted by atomic mass is 16.4. The van der Waals surface area contributed by atoms with Gasteiger partial charge in [-0.1, -0.05) is 34.6 Å². The molecule has 0 atom stereocenters. The van der Waals surface area contributed by atoms with Gasteiger partial charge < -0.3 is 9.67 Å². The Morgan fingerprint density at radius 2 is 2.05 bits per heavy atom. The molecular weight excluding hydrogens is 264 g/mol. The molecule has 4 heteroatoms. The number of carboxylic acid groups (broad SMARTS) is 1. The molecule has 0 bridgehead atoms. The summed E-state index contributed by atoms with van der Waals surface area (Å²) >= 11 is 0. The maximum atomic E-state index is 11.1. The van der Waals surface area contributed by atoms with Crippen molar-refractivity contribution >= 4 is 17.0 Å². The summed E-state index contributed by atoms with van der Waals surface area (Å²) < 4.78 is 2.25. The molecule has 2 rings (SSSR count). The number of aromatic nitrogens is 2. The minimum atomic E-state index is -0.911. The van der Waals surface area contributed by atoms with Gasteiger partial charge in [-0.15, -0.1) is 0 Å². The van der Waals surface area contributed by atoms with E-state index in [1.165, 1.54) is 0 Å². The lowest BCUT2D eigenvalue weighted by Crippen LogP contribution is -2.20. The van der Waals surface area contributed by atoms with Gasteiger partial charge in [0.25, 0.3) is 0 Å². The van der Waals surface area contributed by atoms with E-state index < -0.39 is 5.97 Å². The van der Waals surface area contributed by atoms with Gasteiger partial charge in [0.15, 0.2) is 0 Å². The number of carbonyl (C=O) groups is 1. The van der Waals surface area contributed by atoms with Crippen LogP contribution in [0.15, 0.2) is 18.2 Å². The lowest BCUT2D eigenvalue weighted by atomic mass is 9.90. The first-order valence-electron chi connectivity index (χ1n) is 7.48. The van der Waals surface area contributed by atoms with Crippen molar-refractivity contribution in [3.63, 3.8) is 0 Å². The van der Waals surface area contributed by atoms with Crippen LogP contribution in [0, 0.1) is 5.41 Å². The molecule has 0 fully saturated rings. The highest BCUT2D eigenvalue weighted by Crippen LogP contribution is 2.29. The molecular formula is C17H24N2O2. The van der Waals surface area contributed by atoms with Gasteiger partial charge in [0.2, 0.25) is 0 Å². The van der Waals surface area contributed by atoms with Crippen LogP contribution >= 0.6 is 0 Å². The molecule has 0 aliphatic carbocycles. The number of hydrogen-bond donors (Lipinski definition) is 1. The lowest BCUT2D eigenvalue weighted by molar-refractivity contribution is 0.0697. The van der Waals surface area contributed by atoms with Crippen molar-refractivity contribution in [1.82, 2.24) is 9.55 Å². The number of nitrogens with zero attached hydrogens (tertiary/aromatic N) is 2. The second kappa shape index (κ2) is 5.51. The van der Waals surface area contributed by atoms with Gasteiger partial charge in [-0.3, -0.25) is 0 Å². The average Bonchev–Trinajstić information content (AvgIpc) is 2.76. The largest absolute Gasteiger partial charge is 0.478 e. The number of imidazole rings is 1. The zero-order chi connectivity index (χ0) is 15.8. The van der Waals surface area contributed by atoms with Crippen molar-refractivity contribution in [2.75, 3.05) is 0 Å². The van der Waals surface area contributed by atoms with Gasteiger partial charge in [0.1, 0.15) is 5.82 Å². The summed E-state index contributed by atoms with van der Waals surface area (Å²) in [5.41, 5.74) is 2.26. The topological polar surface area (TPSA) is 55.1 Å². The highest BCUT2D eigenvalue weighted by molar-refractivity contribution is 5.92. The fraction of sp³-hybridized carbons (Fsp3) is 0.529. The van der Waals surface area contributed by atoms with E-state index in [2.05, 4.69) is 44.2 Å². The number of aromatic carboxylic acids is 1. The van der Waals surface area contributed by atoms with Gasteiger partial charge in [0.05, 0.1) is 16.6 Å². The Labute approximate surface area is 125 Å². The van der Waals surface area contributed by atoms with Crippen LogP contribution in [0.3, 0.4) is 0 Å². The predicted octanol–water partition coefficient (Wildman–Crippen LogP) is 4.29. The van der Waals surface area contributed by atoms with Crippen LogP contribution in [-0.4, -0.2) is 20.6 Å². The summed E-state index contributed by atoms with van der Waals surface area (Å²) in [7, 11) is 0. The van der Waals surface area contributed by atoms with E-state index in [0.717, 1.165) is 29.8 Å². The van der Waals surface area contributed by atoms with Gasteiger partial charge >= 0.3 is 5.97 Å². The Morgan fingerprint density at radius 1 is 1.38 bits per heavy atom. The number of hydrogen-bond acceptors (Lipinski definition) is 2. The van der Waals surface area contributed by atoms with Gasteiger partial charge in [-0.2, -0.15) is 0 Å². The zero-order valence-corrected chi connectivity index (χ0v) is 13.5. The van der Waals surface area contributed by atoms with Gasteiger partial charge in [0, 0.05) is 12.5 Å². The van der Waals surface area contributed by atoms with E-state index in [0.29, 0.717) is 5.92 Å². The summed E-state index contributed by atoms with van der Waals surface area (Å²) in [6, 6.07) is 5.20. The monoisotopic (exact) mass is 288 g/mol. The van der Waals surface area contributed by atoms with E-state index >= 15 is 0 Å². The summed E-state index contributed by atoms with van der Waals surface area (Å²) in [5.74, 6) is 0.416. The summed E-state index contributed by atoms with van der Waals surface area (Å²) in [6.07, 6.45) is 1.08. The van der Waals surface area contributed by atoms with Crippen LogP contribution in [0.25, 0.3) is 11.0 Å². The van der Waals surface area contributed by atoms with Crippen LogP contribution in [-0.2, 0) is 6.54 Å². The molecule has 1 N–H and O–H groups in total. The molecule has 2 aromatic rings. The van der Waals surface area contributed by atoms with Gasteiger partial charge in [-0.25, -0.2) is 9.78 Å². The van der Waals surface area contributed by atoms with E-state index in [1.54, 1.807) is 12.1 Å². The Kier molecular flexibility index (Phi) is 4.08. The normalized spacial score (nSPS) is 12.3. The number of carboxylic acids is 1. The third-order valence-electron chi connectivity index (χ3n) is 4.08. The van der Waals surface area contributed by atoms with Crippen molar-refractivity contribution in [1.29, 1.82) is 0 Å². The second-order valence-corrected chi connectivity index (χ2v) is 6.74. The molecule has 1 aromatic carbocycles. The molecule has 21 heavy (non-hydrogen) atoms. The maximum absolute atomic E-state index is 11.1. The van der Waals surface area contributed by atoms with Crippen molar-refractivity contribution in [3.8, 4) is 0 Å². The standard InChI is InChI=1S/C17H24N2O2/c1-6-17(4,5)10-19-14-8-7-12(16(20)21)9-13(14)18-15(19)11(2)3/h7-9,11H,6,10H2,1-5H3,(H,20,21). The van der Waals surface area contributed by atoms with Crippen molar-refractivity contribution in [3.05, 3.63) is 29.6 Å². The van der Waals surface area contributed by atoms with Crippen LogP contribution in [0.5, 0.6) is 0 Å². The summed E-state index contributed by atoms with van der Waals surface area (Å²) in [4.78, 5) is 15.8. The van der Waals surface area contributed by atoms with Crippen molar-refractivity contribution < 1.29 is 9.90 Å². The Bertz CT molecular complexity index is 669.